The van der Waals surface area contributed by atoms with Crippen LogP contribution < -0.4 is 0 Å². The average Bonchev–Trinajstić information content (AvgIpc) is 3.25. The molecule has 0 spiro atoms. The number of carbonyl (C=O) groups is 1. The Bertz CT molecular complexity index is 889. The molecule has 2 heteroatoms. The van der Waals surface area contributed by atoms with Crippen molar-refractivity contribution in [3.63, 3.8) is 0 Å². The van der Waals surface area contributed by atoms with Crippen LogP contribution in [0.1, 0.15) is 29.0 Å². The Labute approximate surface area is 147 Å². The maximum atomic E-state index is 13.0. The fraction of sp³-hybridized carbons (Fsp3) is 0.261. The molecule has 0 radical (unpaired) electrons. The van der Waals surface area contributed by atoms with Gasteiger partial charge in [-0.25, -0.2) is 0 Å². The standard InChI is InChI=1S/C23H20O2/c1-14-7-9-15(10-8-14)21-19-17-11-12-18(13-17)20(19)22(25-23(21)24)16-5-3-2-4-6-16/h2-12,17-19,21H,13H2,1H3/t17-,18+,19+,21+/m0/s1. The highest BCUT2D eigenvalue weighted by Gasteiger charge is 2.52. The number of esters is 1. The number of cyclic esters (lactones) is 1. The van der Waals surface area contributed by atoms with Crippen molar-refractivity contribution in [3.05, 3.63) is 89.0 Å². The zero-order valence-corrected chi connectivity index (χ0v) is 14.2. The van der Waals surface area contributed by atoms with E-state index in [0.29, 0.717) is 11.8 Å². The Balaban J connectivity index is 1.66. The van der Waals surface area contributed by atoms with E-state index in [-0.39, 0.29) is 17.8 Å². The van der Waals surface area contributed by atoms with Gasteiger partial charge in [0.1, 0.15) is 5.76 Å². The Hall–Kier alpha value is -2.61. The molecule has 1 aliphatic heterocycles. The summed E-state index contributed by atoms with van der Waals surface area (Å²) in [6.07, 6.45) is 5.71. The van der Waals surface area contributed by atoms with Crippen LogP contribution in [0.2, 0.25) is 0 Å². The largest absolute Gasteiger partial charge is 0.425 e. The number of carbonyl (C=O) groups excluding carboxylic acids is 1. The van der Waals surface area contributed by atoms with Crippen molar-refractivity contribution >= 4 is 11.7 Å². The molecular weight excluding hydrogens is 308 g/mol. The number of allylic oxidation sites excluding steroid dienone is 3. The average molecular weight is 328 g/mol. The molecule has 2 aromatic carbocycles. The first-order valence-electron chi connectivity index (χ1n) is 8.98. The highest BCUT2D eigenvalue weighted by molar-refractivity contribution is 5.89. The van der Waals surface area contributed by atoms with E-state index in [1.807, 2.05) is 30.3 Å². The second kappa shape index (κ2) is 5.45. The van der Waals surface area contributed by atoms with Crippen LogP contribution in [0.3, 0.4) is 0 Å². The molecule has 2 nitrogen and oxygen atoms in total. The number of rotatable bonds is 2. The third-order valence-electron chi connectivity index (χ3n) is 5.89. The quantitative estimate of drug-likeness (QED) is 0.581. The molecule has 3 aliphatic rings. The first kappa shape index (κ1) is 14.7. The van der Waals surface area contributed by atoms with Crippen molar-refractivity contribution in [2.24, 2.45) is 17.8 Å². The normalized spacial score (nSPS) is 29.7. The van der Waals surface area contributed by atoms with Gasteiger partial charge in [-0.05, 0) is 30.4 Å². The number of fused-ring (bicyclic) bond motifs is 5. The lowest BCUT2D eigenvalue weighted by molar-refractivity contribution is -0.141. The summed E-state index contributed by atoms with van der Waals surface area (Å²) >= 11 is 0. The number of aryl methyl sites for hydroxylation is 1. The van der Waals surface area contributed by atoms with Gasteiger partial charge in [-0.3, -0.25) is 4.79 Å². The Morgan fingerprint density at radius 1 is 0.960 bits per heavy atom. The van der Waals surface area contributed by atoms with E-state index in [2.05, 4.69) is 43.3 Å². The summed E-state index contributed by atoms with van der Waals surface area (Å²) in [5.41, 5.74) is 4.62. The molecular formula is C23H20O2. The van der Waals surface area contributed by atoms with Crippen LogP contribution in [0.4, 0.5) is 0 Å². The molecule has 4 atom stereocenters. The fourth-order valence-electron chi connectivity index (χ4n) is 4.75. The lowest BCUT2D eigenvalue weighted by Crippen LogP contribution is -2.32. The second-order valence-electron chi connectivity index (χ2n) is 7.38. The van der Waals surface area contributed by atoms with Gasteiger partial charge in [0.15, 0.2) is 0 Å². The number of ether oxygens (including phenoxy) is 1. The molecule has 2 aliphatic carbocycles. The van der Waals surface area contributed by atoms with Crippen LogP contribution in [0.25, 0.3) is 5.76 Å². The van der Waals surface area contributed by atoms with E-state index < -0.39 is 0 Å². The van der Waals surface area contributed by atoms with Crippen molar-refractivity contribution in [3.8, 4) is 0 Å². The van der Waals surface area contributed by atoms with Crippen LogP contribution in [0.15, 0.2) is 72.3 Å². The topological polar surface area (TPSA) is 26.3 Å². The number of hydrogen-bond acceptors (Lipinski definition) is 2. The molecule has 5 rings (SSSR count). The van der Waals surface area contributed by atoms with Gasteiger partial charge in [-0.15, -0.1) is 0 Å². The van der Waals surface area contributed by atoms with Crippen LogP contribution in [-0.2, 0) is 9.53 Å². The van der Waals surface area contributed by atoms with E-state index in [1.54, 1.807) is 0 Å². The van der Waals surface area contributed by atoms with Gasteiger partial charge >= 0.3 is 5.97 Å². The third-order valence-corrected chi connectivity index (χ3v) is 5.89. The van der Waals surface area contributed by atoms with E-state index in [1.165, 1.54) is 11.1 Å². The van der Waals surface area contributed by atoms with Gasteiger partial charge in [0, 0.05) is 17.4 Å². The zero-order valence-electron chi connectivity index (χ0n) is 14.2. The lowest BCUT2D eigenvalue weighted by atomic mass is 9.73. The van der Waals surface area contributed by atoms with Gasteiger partial charge in [-0.2, -0.15) is 0 Å². The Kier molecular flexibility index (Phi) is 3.21. The van der Waals surface area contributed by atoms with E-state index in [4.69, 9.17) is 4.74 Å². The Morgan fingerprint density at radius 3 is 2.48 bits per heavy atom. The lowest BCUT2D eigenvalue weighted by Gasteiger charge is -2.35. The number of hydrogen-bond donors (Lipinski definition) is 0. The maximum Gasteiger partial charge on any atom is 0.319 e. The molecule has 0 N–H and O–H groups in total. The van der Waals surface area contributed by atoms with Crippen molar-refractivity contribution in [2.45, 2.75) is 19.3 Å². The molecule has 0 aromatic heterocycles. The molecule has 1 fully saturated rings. The minimum Gasteiger partial charge on any atom is -0.425 e. The first-order chi connectivity index (χ1) is 12.2. The molecule has 124 valence electrons. The molecule has 0 saturated heterocycles. The minimum atomic E-state index is -0.192. The molecule has 0 amide bonds. The highest BCUT2D eigenvalue weighted by Crippen LogP contribution is 2.57. The predicted octanol–water partition coefficient (Wildman–Crippen LogP) is 4.87. The second-order valence-corrected chi connectivity index (χ2v) is 7.38. The summed E-state index contributed by atoms with van der Waals surface area (Å²) in [7, 11) is 0. The van der Waals surface area contributed by atoms with E-state index >= 15 is 0 Å². The number of benzene rings is 2. The van der Waals surface area contributed by atoms with Crippen molar-refractivity contribution < 1.29 is 9.53 Å². The third kappa shape index (κ3) is 2.21. The smallest absolute Gasteiger partial charge is 0.319 e. The SMILES string of the molecule is Cc1ccc([C@H]2C(=O)OC(c3ccccc3)=C3[C@H]2[C@H]2C=C[C@@H]3C2)cc1. The highest BCUT2D eigenvalue weighted by atomic mass is 16.5. The monoisotopic (exact) mass is 328 g/mol. The van der Waals surface area contributed by atoms with Gasteiger partial charge in [0.05, 0.1) is 5.92 Å². The Morgan fingerprint density at radius 2 is 1.72 bits per heavy atom. The van der Waals surface area contributed by atoms with Crippen LogP contribution in [0, 0.1) is 24.7 Å². The van der Waals surface area contributed by atoms with E-state index in [0.717, 1.165) is 23.3 Å². The molecule has 2 bridgehead atoms. The van der Waals surface area contributed by atoms with E-state index in [9.17, 15) is 4.79 Å². The predicted molar refractivity (Wildman–Crippen MR) is 97.6 cm³/mol. The van der Waals surface area contributed by atoms with Gasteiger partial charge in [0.25, 0.3) is 0 Å². The zero-order chi connectivity index (χ0) is 17.0. The van der Waals surface area contributed by atoms with Crippen molar-refractivity contribution in [1.82, 2.24) is 0 Å². The summed E-state index contributed by atoms with van der Waals surface area (Å²) in [5.74, 6) is 1.58. The van der Waals surface area contributed by atoms with Crippen LogP contribution in [-0.4, -0.2) is 5.97 Å². The fourth-order valence-corrected chi connectivity index (χ4v) is 4.75. The van der Waals surface area contributed by atoms with Crippen LogP contribution >= 0.6 is 0 Å². The minimum absolute atomic E-state index is 0.114. The van der Waals surface area contributed by atoms with Gasteiger partial charge < -0.3 is 4.74 Å². The van der Waals surface area contributed by atoms with Gasteiger partial charge in [0.2, 0.25) is 0 Å². The molecule has 1 saturated carbocycles. The van der Waals surface area contributed by atoms with Crippen molar-refractivity contribution in [2.75, 3.05) is 0 Å². The maximum absolute atomic E-state index is 13.0. The molecule has 25 heavy (non-hydrogen) atoms. The van der Waals surface area contributed by atoms with Crippen LogP contribution in [0.5, 0.6) is 0 Å². The molecule has 1 heterocycles. The summed E-state index contributed by atoms with van der Waals surface area (Å²) < 4.78 is 5.94. The van der Waals surface area contributed by atoms with Crippen molar-refractivity contribution in [1.29, 1.82) is 0 Å². The summed E-state index contributed by atoms with van der Waals surface area (Å²) in [4.78, 5) is 13.0. The van der Waals surface area contributed by atoms with Gasteiger partial charge in [-0.1, -0.05) is 72.3 Å². The summed E-state index contributed by atoms with van der Waals surface area (Å²) in [6, 6.07) is 18.4. The molecule has 2 aromatic rings. The first-order valence-corrected chi connectivity index (χ1v) is 8.98. The molecule has 0 unspecified atom stereocenters. The summed E-state index contributed by atoms with van der Waals surface area (Å²) in [5, 5.41) is 0. The summed E-state index contributed by atoms with van der Waals surface area (Å²) in [6.45, 7) is 2.07.